The maximum Gasteiger partial charge on any atom is 0.147 e. The summed E-state index contributed by atoms with van der Waals surface area (Å²) in [7, 11) is 0. The van der Waals surface area contributed by atoms with Crippen LogP contribution >= 0.6 is 0 Å². The van der Waals surface area contributed by atoms with E-state index in [0.717, 1.165) is 53.1 Å². The molecule has 1 aromatic heterocycles. The average Bonchev–Trinajstić information content (AvgIpc) is 3.22. The summed E-state index contributed by atoms with van der Waals surface area (Å²) in [4.78, 5) is 4.88. The molecule has 0 atom stereocenters. The van der Waals surface area contributed by atoms with Crippen molar-refractivity contribution < 1.29 is 9.47 Å². The number of ether oxygens (including phenoxy) is 2. The van der Waals surface area contributed by atoms with Gasteiger partial charge in [-0.3, -0.25) is 0 Å². The maximum atomic E-state index is 6.28. The SMILES string of the molecule is Cc1ccc(C)c(OCCCCn2c(COc3cccc4ccccc34)nc3ccccc32)c1. The summed E-state index contributed by atoms with van der Waals surface area (Å²) >= 11 is 0. The van der Waals surface area contributed by atoms with E-state index in [9.17, 15) is 0 Å². The molecule has 5 rings (SSSR count). The number of hydrogen-bond acceptors (Lipinski definition) is 3. The third-order valence-corrected chi connectivity index (χ3v) is 6.22. The molecule has 0 bridgehead atoms. The maximum absolute atomic E-state index is 6.28. The molecule has 0 saturated heterocycles. The van der Waals surface area contributed by atoms with Gasteiger partial charge in [-0.25, -0.2) is 4.98 Å². The van der Waals surface area contributed by atoms with Crippen LogP contribution in [0.15, 0.2) is 84.9 Å². The van der Waals surface area contributed by atoms with Gasteiger partial charge in [0.2, 0.25) is 0 Å². The first-order chi connectivity index (χ1) is 16.7. The van der Waals surface area contributed by atoms with Crippen molar-refractivity contribution in [2.24, 2.45) is 0 Å². The van der Waals surface area contributed by atoms with Gasteiger partial charge in [-0.1, -0.05) is 60.7 Å². The number of rotatable bonds is 9. The van der Waals surface area contributed by atoms with Gasteiger partial charge in [-0.2, -0.15) is 0 Å². The second-order valence-corrected chi connectivity index (χ2v) is 8.76. The van der Waals surface area contributed by atoms with Crippen LogP contribution in [0.4, 0.5) is 0 Å². The highest BCUT2D eigenvalue weighted by Gasteiger charge is 2.12. The molecule has 1 heterocycles. The van der Waals surface area contributed by atoms with E-state index in [-0.39, 0.29) is 0 Å². The highest BCUT2D eigenvalue weighted by Crippen LogP contribution is 2.27. The molecule has 0 spiro atoms. The number of benzene rings is 4. The molecule has 0 aliphatic rings. The normalized spacial score (nSPS) is 11.2. The molecular weight excluding hydrogens is 420 g/mol. The Bertz CT molecular complexity index is 1420. The van der Waals surface area contributed by atoms with Crippen LogP contribution in [-0.2, 0) is 13.2 Å². The molecular formula is C30H30N2O2. The van der Waals surface area contributed by atoms with Gasteiger partial charge in [0.05, 0.1) is 17.6 Å². The summed E-state index contributed by atoms with van der Waals surface area (Å²) in [6.07, 6.45) is 1.98. The summed E-state index contributed by atoms with van der Waals surface area (Å²) in [5.41, 5.74) is 4.56. The molecule has 34 heavy (non-hydrogen) atoms. The van der Waals surface area contributed by atoms with Crippen molar-refractivity contribution in [3.05, 3.63) is 102 Å². The smallest absolute Gasteiger partial charge is 0.147 e. The predicted molar refractivity (Wildman–Crippen MR) is 139 cm³/mol. The Hall–Kier alpha value is -3.79. The van der Waals surface area contributed by atoms with E-state index in [4.69, 9.17) is 14.5 Å². The zero-order valence-electron chi connectivity index (χ0n) is 19.8. The largest absolute Gasteiger partial charge is 0.493 e. The molecule has 0 saturated carbocycles. The van der Waals surface area contributed by atoms with Crippen LogP contribution in [0.25, 0.3) is 21.8 Å². The Labute approximate surface area is 200 Å². The number of nitrogens with zero attached hydrogens (tertiary/aromatic N) is 2. The number of hydrogen-bond donors (Lipinski definition) is 0. The molecule has 4 aromatic carbocycles. The Morgan fingerprint density at radius 3 is 2.53 bits per heavy atom. The summed E-state index contributed by atoms with van der Waals surface area (Å²) < 4.78 is 14.6. The lowest BCUT2D eigenvalue weighted by molar-refractivity contribution is 0.287. The molecule has 4 nitrogen and oxygen atoms in total. The first-order valence-corrected chi connectivity index (χ1v) is 11.9. The minimum Gasteiger partial charge on any atom is -0.493 e. The molecule has 0 amide bonds. The Morgan fingerprint density at radius 2 is 1.59 bits per heavy atom. The number of aromatic nitrogens is 2. The van der Waals surface area contributed by atoms with E-state index in [0.29, 0.717) is 13.2 Å². The number of para-hydroxylation sites is 2. The van der Waals surface area contributed by atoms with E-state index < -0.39 is 0 Å². The molecule has 0 radical (unpaired) electrons. The van der Waals surface area contributed by atoms with Crippen LogP contribution in [-0.4, -0.2) is 16.2 Å². The van der Waals surface area contributed by atoms with Gasteiger partial charge in [0.1, 0.15) is 23.9 Å². The Kier molecular flexibility index (Phi) is 6.48. The van der Waals surface area contributed by atoms with Gasteiger partial charge in [-0.05, 0) is 67.5 Å². The van der Waals surface area contributed by atoms with Crippen molar-refractivity contribution in [2.45, 2.75) is 39.8 Å². The average molecular weight is 451 g/mol. The van der Waals surface area contributed by atoms with Crippen LogP contribution in [0.1, 0.15) is 29.8 Å². The lowest BCUT2D eigenvalue weighted by Crippen LogP contribution is -2.09. The van der Waals surface area contributed by atoms with Crippen LogP contribution in [0, 0.1) is 13.8 Å². The summed E-state index contributed by atoms with van der Waals surface area (Å²) in [5.74, 6) is 2.82. The molecule has 0 fully saturated rings. The first-order valence-electron chi connectivity index (χ1n) is 11.9. The van der Waals surface area contributed by atoms with Gasteiger partial charge in [-0.15, -0.1) is 0 Å². The minimum absolute atomic E-state index is 0.432. The van der Waals surface area contributed by atoms with Crippen molar-refractivity contribution in [2.75, 3.05) is 6.61 Å². The van der Waals surface area contributed by atoms with Gasteiger partial charge >= 0.3 is 0 Å². The van der Waals surface area contributed by atoms with Crippen LogP contribution < -0.4 is 9.47 Å². The van der Waals surface area contributed by atoms with Crippen molar-refractivity contribution in [1.29, 1.82) is 0 Å². The number of imidazole rings is 1. The molecule has 0 aliphatic heterocycles. The van der Waals surface area contributed by atoms with E-state index in [1.807, 2.05) is 24.3 Å². The summed E-state index contributed by atoms with van der Waals surface area (Å²) in [5, 5.41) is 2.30. The van der Waals surface area contributed by atoms with Crippen LogP contribution in [0.5, 0.6) is 11.5 Å². The number of fused-ring (bicyclic) bond motifs is 2. The molecule has 0 N–H and O–H groups in total. The second kappa shape index (κ2) is 10.0. The molecule has 0 aliphatic carbocycles. The van der Waals surface area contributed by atoms with Crippen LogP contribution in [0.2, 0.25) is 0 Å². The summed E-state index contributed by atoms with van der Waals surface area (Å²) in [6.45, 7) is 6.21. The van der Waals surface area contributed by atoms with E-state index >= 15 is 0 Å². The minimum atomic E-state index is 0.432. The van der Waals surface area contributed by atoms with Crippen molar-refractivity contribution >= 4 is 21.8 Å². The van der Waals surface area contributed by atoms with Crippen molar-refractivity contribution in [3.8, 4) is 11.5 Å². The third-order valence-electron chi connectivity index (χ3n) is 6.22. The zero-order chi connectivity index (χ0) is 23.3. The van der Waals surface area contributed by atoms with Gasteiger partial charge in [0, 0.05) is 11.9 Å². The Balaban J connectivity index is 1.27. The van der Waals surface area contributed by atoms with E-state index in [2.05, 4.69) is 79.1 Å². The highest BCUT2D eigenvalue weighted by molar-refractivity contribution is 5.88. The fourth-order valence-electron chi connectivity index (χ4n) is 4.37. The lowest BCUT2D eigenvalue weighted by Gasteiger charge is -2.13. The van der Waals surface area contributed by atoms with Gasteiger partial charge in [0.15, 0.2) is 0 Å². The van der Waals surface area contributed by atoms with Crippen molar-refractivity contribution in [1.82, 2.24) is 9.55 Å². The number of aryl methyl sites for hydroxylation is 3. The number of unbranched alkanes of at least 4 members (excludes halogenated alkanes) is 1. The second-order valence-electron chi connectivity index (χ2n) is 8.76. The van der Waals surface area contributed by atoms with E-state index in [1.54, 1.807) is 0 Å². The molecule has 172 valence electrons. The molecule has 0 unspecified atom stereocenters. The molecule has 5 aromatic rings. The molecule has 4 heteroatoms. The topological polar surface area (TPSA) is 36.3 Å². The Morgan fingerprint density at radius 1 is 0.765 bits per heavy atom. The third kappa shape index (κ3) is 4.76. The quantitative estimate of drug-likeness (QED) is 0.222. The van der Waals surface area contributed by atoms with Crippen LogP contribution in [0.3, 0.4) is 0 Å². The summed E-state index contributed by atoms with van der Waals surface area (Å²) in [6, 6.07) is 29.1. The fourth-order valence-corrected chi connectivity index (χ4v) is 4.37. The monoisotopic (exact) mass is 450 g/mol. The fraction of sp³-hybridized carbons (Fsp3) is 0.233. The first kappa shape index (κ1) is 22.0. The van der Waals surface area contributed by atoms with E-state index in [1.165, 1.54) is 16.5 Å². The standard InChI is InChI=1S/C30H30N2O2/c1-22-16-17-23(2)29(20-22)33-19-8-7-18-32-27-14-6-5-13-26(27)31-30(32)21-34-28-15-9-11-24-10-3-4-12-25(24)28/h3-6,9-17,20H,7-8,18-19,21H2,1-2H3. The van der Waals surface area contributed by atoms with Gasteiger partial charge in [0.25, 0.3) is 0 Å². The van der Waals surface area contributed by atoms with Gasteiger partial charge < -0.3 is 14.0 Å². The zero-order valence-corrected chi connectivity index (χ0v) is 19.8. The highest BCUT2D eigenvalue weighted by atomic mass is 16.5. The van der Waals surface area contributed by atoms with Crippen molar-refractivity contribution in [3.63, 3.8) is 0 Å². The predicted octanol–water partition coefficient (Wildman–Crippen LogP) is 7.24. The lowest BCUT2D eigenvalue weighted by atomic mass is 10.1.